The topological polar surface area (TPSA) is 42.0 Å². The van der Waals surface area contributed by atoms with Crippen molar-refractivity contribution in [1.82, 2.24) is 10.3 Å². The van der Waals surface area contributed by atoms with Crippen LogP contribution in [0.4, 0.5) is 0 Å². The van der Waals surface area contributed by atoms with Gasteiger partial charge in [-0.05, 0) is 18.1 Å². The minimum atomic E-state index is -0.311. The Kier molecular flexibility index (Phi) is 3.83. The molecule has 1 heterocycles. The van der Waals surface area contributed by atoms with Crippen LogP contribution in [-0.2, 0) is 11.2 Å². The number of aromatic nitrogens is 1. The Morgan fingerprint density at radius 3 is 2.73 bits per heavy atom. The monoisotopic (exact) mass is 206 g/mol. The summed E-state index contributed by atoms with van der Waals surface area (Å²) >= 11 is 0. The summed E-state index contributed by atoms with van der Waals surface area (Å²) in [5.41, 5.74) is 0.835. The Bertz CT molecular complexity index is 314. The highest BCUT2D eigenvalue weighted by molar-refractivity contribution is 5.81. The third-order valence-electron chi connectivity index (χ3n) is 2.10. The lowest BCUT2D eigenvalue weighted by atomic mass is 9.96. The van der Waals surface area contributed by atoms with E-state index in [9.17, 15) is 4.79 Å². The summed E-state index contributed by atoms with van der Waals surface area (Å²) in [6.45, 7) is 6.40. The average molecular weight is 206 g/mol. The van der Waals surface area contributed by atoms with Gasteiger partial charge in [0.2, 0.25) is 5.91 Å². The largest absolute Gasteiger partial charge is 0.355 e. The lowest BCUT2D eigenvalue weighted by Crippen LogP contribution is -2.35. The molecule has 0 spiro atoms. The van der Waals surface area contributed by atoms with Crippen molar-refractivity contribution in [3.63, 3.8) is 0 Å². The Balaban J connectivity index is 2.32. The van der Waals surface area contributed by atoms with Crippen LogP contribution in [-0.4, -0.2) is 17.4 Å². The zero-order chi connectivity index (χ0) is 11.3. The van der Waals surface area contributed by atoms with Crippen molar-refractivity contribution < 1.29 is 4.79 Å². The van der Waals surface area contributed by atoms with Crippen LogP contribution in [0.3, 0.4) is 0 Å². The molecular weight excluding hydrogens is 188 g/mol. The number of carbonyl (C=O) groups excluding carboxylic acids is 1. The number of rotatable bonds is 3. The van der Waals surface area contributed by atoms with Crippen LogP contribution in [0.15, 0.2) is 24.5 Å². The Morgan fingerprint density at radius 2 is 2.20 bits per heavy atom. The minimum Gasteiger partial charge on any atom is -0.355 e. The molecule has 1 N–H and O–H groups in total. The van der Waals surface area contributed by atoms with E-state index in [1.54, 1.807) is 6.20 Å². The third-order valence-corrected chi connectivity index (χ3v) is 2.10. The van der Waals surface area contributed by atoms with E-state index in [2.05, 4.69) is 10.3 Å². The molecule has 0 bridgehead atoms. The Labute approximate surface area is 90.9 Å². The van der Waals surface area contributed by atoms with Crippen molar-refractivity contribution in [2.45, 2.75) is 27.2 Å². The van der Waals surface area contributed by atoms with Gasteiger partial charge >= 0.3 is 0 Å². The van der Waals surface area contributed by atoms with E-state index in [0.29, 0.717) is 6.54 Å². The van der Waals surface area contributed by atoms with Gasteiger partial charge in [0.05, 0.1) is 0 Å². The van der Waals surface area contributed by atoms with Gasteiger partial charge in [0.1, 0.15) is 0 Å². The van der Waals surface area contributed by atoms with E-state index in [1.807, 2.05) is 39.1 Å². The van der Waals surface area contributed by atoms with Gasteiger partial charge < -0.3 is 5.32 Å². The first-order valence-corrected chi connectivity index (χ1v) is 5.17. The number of amides is 1. The first-order chi connectivity index (χ1) is 7.00. The molecular formula is C12H18N2O. The van der Waals surface area contributed by atoms with Crippen LogP contribution < -0.4 is 5.32 Å². The molecule has 0 saturated heterocycles. The Hall–Kier alpha value is -1.38. The van der Waals surface area contributed by atoms with Crippen molar-refractivity contribution >= 4 is 5.91 Å². The minimum absolute atomic E-state index is 0.0893. The smallest absolute Gasteiger partial charge is 0.225 e. The van der Waals surface area contributed by atoms with Crippen LogP contribution in [0.1, 0.15) is 26.3 Å². The first kappa shape index (κ1) is 11.7. The molecule has 0 radical (unpaired) electrons. The molecule has 0 unspecified atom stereocenters. The summed E-state index contributed by atoms with van der Waals surface area (Å²) in [6, 6.07) is 3.91. The fourth-order valence-electron chi connectivity index (χ4n) is 1.13. The molecule has 0 saturated carbocycles. The number of pyridine rings is 1. The maximum Gasteiger partial charge on any atom is 0.225 e. The fraction of sp³-hybridized carbons (Fsp3) is 0.500. The number of nitrogens with zero attached hydrogens (tertiary/aromatic N) is 1. The van der Waals surface area contributed by atoms with E-state index < -0.39 is 0 Å². The normalized spacial score (nSPS) is 11.1. The van der Waals surface area contributed by atoms with Gasteiger partial charge in [0.25, 0.3) is 0 Å². The van der Waals surface area contributed by atoms with E-state index in [4.69, 9.17) is 0 Å². The van der Waals surface area contributed by atoms with Gasteiger partial charge in [-0.2, -0.15) is 0 Å². The second-order valence-electron chi connectivity index (χ2n) is 4.62. The van der Waals surface area contributed by atoms with Crippen molar-refractivity contribution in [1.29, 1.82) is 0 Å². The summed E-state index contributed by atoms with van der Waals surface area (Å²) < 4.78 is 0. The highest BCUT2D eigenvalue weighted by atomic mass is 16.2. The molecule has 0 aromatic carbocycles. The molecule has 1 rings (SSSR count). The molecule has 3 nitrogen and oxygen atoms in total. The standard InChI is InChI=1S/C12H18N2O/c1-12(2,3)11(15)14-8-6-10-5-4-7-13-9-10/h4-5,7,9H,6,8H2,1-3H3,(H,14,15). The zero-order valence-electron chi connectivity index (χ0n) is 9.58. The van der Waals surface area contributed by atoms with E-state index >= 15 is 0 Å². The molecule has 0 aliphatic heterocycles. The molecule has 1 aromatic heterocycles. The molecule has 15 heavy (non-hydrogen) atoms. The molecule has 1 amide bonds. The lowest BCUT2D eigenvalue weighted by molar-refractivity contribution is -0.128. The van der Waals surface area contributed by atoms with E-state index in [1.165, 1.54) is 0 Å². The van der Waals surface area contributed by atoms with Gasteiger partial charge in [-0.25, -0.2) is 0 Å². The zero-order valence-corrected chi connectivity index (χ0v) is 9.58. The number of hydrogen-bond donors (Lipinski definition) is 1. The molecule has 1 aromatic rings. The molecule has 0 aliphatic carbocycles. The van der Waals surface area contributed by atoms with Gasteiger partial charge in [0.15, 0.2) is 0 Å². The first-order valence-electron chi connectivity index (χ1n) is 5.17. The average Bonchev–Trinajstić information content (AvgIpc) is 2.18. The highest BCUT2D eigenvalue weighted by Crippen LogP contribution is 2.12. The summed E-state index contributed by atoms with van der Waals surface area (Å²) in [7, 11) is 0. The van der Waals surface area contributed by atoms with Gasteiger partial charge in [0, 0.05) is 24.4 Å². The quantitative estimate of drug-likeness (QED) is 0.819. The van der Waals surface area contributed by atoms with E-state index in [-0.39, 0.29) is 11.3 Å². The van der Waals surface area contributed by atoms with Crippen LogP contribution >= 0.6 is 0 Å². The summed E-state index contributed by atoms with van der Waals surface area (Å²) in [6.07, 6.45) is 4.40. The van der Waals surface area contributed by atoms with Crippen molar-refractivity contribution in [2.75, 3.05) is 6.54 Å². The number of nitrogens with one attached hydrogen (secondary N) is 1. The molecule has 0 aliphatic rings. The molecule has 0 atom stereocenters. The maximum atomic E-state index is 11.5. The van der Waals surface area contributed by atoms with Crippen molar-refractivity contribution in [3.8, 4) is 0 Å². The number of carbonyl (C=O) groups is 1. The van der Waals surface area contributed by atoms with Gasteiger partial charge in [-0.3, -0.25) is 9.78 Å². The lowest BCUT2D eigenvalue weighted by Gasteiger charge is -2.17. The Morgan fingerprint density at radius 1 is 1.47 bits per heavy atom. The maximum absolute atomic E-state index is 11.5. The molecule has 82 valence electrons. The van der Waals surface area contributed by atoms with Crippen LogP contribution in [0.25, 0.3) is 0 Å². The predicted molar refractivity (Wildman–Crippen MR) is 60.4 cm³/mol. The van der Waals surface area contributed by atoms with Crippen LogP contribution in [0.5, 0.6) is 0 Å². The van der Waals surface area contributed by atoms with E-state index in [0.717, 1.165) is 12.0 Å². The summed E-state index contributed by atoms with van der Waals surface area (Å²) in [4.78, 5) is 15.5. The van der Waals surface area contributed by atoms with Gasteiger partial charge in [-0.1, -0.05) is 26.8 Å². The van der Waals surface area contributed by atoms with Crippen molar-refractivity contribution in [2.24, 2.45) is 5.41 Å². The second-order valence-corrected chi connectivity index (χ2v) is 4.62. The summed E-state index contributed by atoms with van der Waals surface area (Å²) in [5, 5.41) is 2.90. The fourth-order valence-corrected chi connectivity index (χ4v) is 1.13. The molecule has 0 fully saturated rings. The number of hydrogen-bond acceptors (Lipinski definition) is 2. The molecule has 3 heteroatoms. The predicted octanol–water partition coefficient (Wildman–Crippen LogP) is 1.79. The van der Waals surface area contributed by atoms with Crippen LogP contribution in [0, 0.1) is 5.41 Å². The highest BCUT2D eigenvalue weighted by Gasteiger charge is 2.20. The van der Waals surface area contributed by atoms with Crippen molar-refractivity contribution in [3.05, 3.63) is 30.1 Å². The van der Waals surface area contributed by atoms with Crippen LogP contribution in [0.2, 0.25) is 0 Å². The van der Waals surface area contributed by atoms with Gasteiger partial charge in [-0.15, -0.1) is 0 Å². The summed E-state index contributed by atoms with van der Waals surface area (Å²) in [5.74, 6) is 0.0893. The SMILES string of the molecule is CC(C)(C)C(=O)NCCc1cccnc1. The second kappa shape index (κ2) is 4.91. The third kappa shape index (κ3) is 4.11.